The molecule has 7 heteroatoms. The van der Waals surface area contributed by atoms with E-state index in [-0.39, 0.29) is 17.7 Å². The second-order valence-electron chi connectivity index (χ2n) is 3.31. The Balaban J connectivity index is 2.95. The van der Waals surface area contributed by atoms with Crippen molar-refractivity contribution in [3.63, 3.8) is 0 Å². The maximum Gasteiger partial charge on any atom is 0.124 e. The average molecular weight is 236 g/mol. The van der Waals surface area contributed by atoms with Gasteiger partial charge in [0.15, 0.2) is 0 Å². The minimum absolute atomic E-state index is 0.0371. The van der Waals surface area contributed by atoms with Gasteiger partial charge in [0.1, 0.15) is 11.9 Å². The number of nitriles is 1. The van der Waals surface area contributed by atoms with E-state index in [2.05, 4.69) is 10.0 Å². The molecule has 0 saturated heterocycles. The molecule has 0 spiro atoms. The minimum atomic E-state index is -1.41. The van der Waals surface area contributed by atoms with Crippen LogP contribution in [0.4, 0.5) is 4.39 Å². The Morgan fingerprint density at radius 3 is 2.76 bits per heavy atom. The largest absolute Gasteiger partial charge is 0.390 e. The Morgan fingerprint density at radius 1 is 1.47 bits per heavy atom. The van der Waals surface area contributed by atoms with Crippen molar-refractivity contribution in [1.82, 2.24) is 0 Å². The summed E-state index contributed by atoms with van der Waals surface area (Å²) in [5, 5.41) is 30.8. The third kappa shape index (κ3) is 3.43. The van der Waals surface area contributed by atoms with E-state index < -0.39 is 18.0 Å². The van der Waals surface area contributed by atoms with Gasteiger partial charge in [-0.05, 0) is 29.3 Å². The van der Waals surface area contributed by atoms with Crippen molar-refractivity contribution in [2.45, 2.75) is 12.2 Å². The lowest BCUT2D eigenvalue weighted by Crippen LogP contribution is -2.21. The molecule has 0 heterocycles. The quantitative estimate of drug-likeness (QED) is 0.467. The van der Waals surface area contributed by atoms with E-state index in [9.17, 15) is 14.6 Å². The fraction of sp³-hybridized carbons (Fsp3) is 0.300. The van der Waals surface area contributed by atoms with Gasteiger partial charge in [0.2, 0.25) is 0 Å². The van der Waals surface area contributed by atoms with Gasteiger partial charge in [-0.25, -0.2) is 4.39 Å². The predicted molar refractivity (Wildman–Crippen MR) is 56.1 cm³/mol. The molecule has 0 fully saturated rings. The molecule has 2 N–H and O–H groups in total. The Labute approximate surface area is 96.2 Å². The summed E-state index contributed by atoms with van der Waals surface area (Å²) in [5.74, 6) is -0.686. The molecule has 0 amide bonds. The average Bonchev–Trinajstić information content (AvgIpc) is 2.34. The zero-order valence-electron chi connectivity index (χ0n) is 8.66. The van der Waals surface area contributed by atoms with Crippen molar-refractivity contribution in [3.05, 3.63) is 45.6 Å². The molecule has 2 atom stereocenters. The second kappa shape index (κ2) is 5.82. The van der Waals surface area contributed by atoms with Gasteiger partial charge in [0.25, 0.3) is 0 Å². The van der Waals surface area contributed by atoms with Crippen LogP contribution in [0, 0.1) is 17.1 Å². The van der Waals surface area contributed by atoms with Crippen LogP contribution in [0.25, 0.3) is 10.4 Å². The number of azide groups is 1. The van der Waals surface area contributed by atoms with Crippen LogP contribution < -0.4 is 0 Å². The van der Waals surface area contributed by atoms with E-state index in [4.69, 9.17) is 10.8 Å². The summed E-state index contributed by atoms with van der Waals surface area (Å²) in [4.78, 5) is 2.43. The number of halogens is 1. The molecule has 1 aromatic carbocycles. The number of benzene rings is 1. The van der Waals surface area contributed by atoms with Crippen LogP contribution in [0.3, 0.4) is 0 Å². The summed E-state index contributed by atoms with van der Waals surface area (Å²) < 4.78 is 13.1. The summed E-state index contributed by atoms with van der Waals surface area (Å²) in [7, 11) is 0. The molecule has 6 nitrogen and oxygen atoms in total. The first-order chi connectivity index (χ1) is 8.08. The first-order valence-corrected chi connectivity index (χ1v) is 4.66. The molecular weight excluding hydrogens is 227 g/mol. The molecule has 2 unspecified atom stereocenters. The van der Waals surface area contributed by atoms with Crippen LogP contribution in [0.1, 0.15) is 17.2 Å². The van der Waals surface area contributed by atoms with Crippen molar-refractivity contribution in [1.29, 1.82) is 5.26 Å². The lowest BCUT2D eigenvalue weighted by molar-refractivity contribution is 0.0242. The number of aliphatic hydroxyl groups excluding tert-OH is 2. The molecule has 17 heavy (non-hydrogen) atoms. The van der Waals surface area contributed by atoms with Crippen LogP contribution in [0.5, 0.6) is 0 Å². The van der Waals surface area contributed by atoms with Gasteiger partial charge in [-0.1, -0.05) is 5.11 Å². The van der Waals surface area contributed by atoms with Crippen LogP contribution in [-0.4, -0.2) is 22.9 Å². The van der Waals surface area contributed by atoms with E-state index in [1.807, 2.05) is 0 Å². The Kier molecular flexibility index (Phi) is 4.43. The Bertz CT molecular complexity index is 494. The molecular formula is C10H9FN4O2. The van der Waals surface area contributed by atoms with Crippen molar-refractivity contribution < 1.29 is 14.6 Å². The third-order valence-corrected chi connectivity index (χ3v) is 2.09. The van der Waals surface area contributed by atoms with Gasteiger partial charge in [0.05, 0.1) is 24.3 Å². The highest BCUT2D eigenvalue weighted by atomic mass is 19.1. The van der Waals surface area contributed by atoms with Crippen LogP contribution in [-0.2, 0) is 0 Å². The Morgan fingerprint density at radius 2 is 2.18 bits per heavy atom. The molecule has 0 aliphatic rings. The molecule has 0 saturated carbocycles. The summed E-state index contributed by atoms with van der Waals surface area (Å²) >= 11 is 0. The fourth-order valence-electron chi connectivity index (χ4n) is 1.29. The molecule has 88 valence electrons. The highest BCUT2D eigenvalue weighted by Gasteiger charge is 2.18. The Hall–Kier alpha value is -2.13. The van der Waals surface area contributed by atoms with E-state index in [1.54, 1.807) is 6.07 Å². The summed E-state index contributed by atoms with van der Waals surface area (Å²) in [5.41, 5.74) is 8.15. The molecule has 0 aliphatic carbocycles. The van der Waals surface area contributed by atoms with Crippen LogP contribution in [0.15, 0.2) is 23.3 Å². The zero-order valence-corrected chi connectivity index (χ0v) is 8.66. The fourth-order valence-corrected chi connectivity index (χ4v) is 1.29. The van der Waals surface area contributed by atoms with Crippen LogP contribution >= 0.6 is 0 Å². The molecule has 0 bridgehead atoms. The SMILES string of the molecule is N#Cc1cc(F)cc(C(O)C(O)CN=[N+]=[N-])c1. The molecule has 0 aliphatic heterocycles. The third-order valence-electron chi connectivity index (χ3n) is 2.09. The molecule has 0 radical (unpaired) electrons. The van der Waals surface area contributed by atoms with E-state index in [0.29, 0.717) is 0 Å². The van der Waals surface area contributed by atoms with E-state index in [1.165, 1.54) is 6.07 Å². The predicted octanol–water partition coefficient (Wildman–Crippen LogP) is 1.40. The molecule has 1 aromatic rings. The van der Waals surface area contributed by atoms with Crippen molar-refractivity contribution >= 4 is 0 Å². The first-order valence-electron chi connectivity index (χ1n) is 4.66. The maximum atomic E-state index is 13.1. The van der Waals surface area contributed by atoms with Crippen molar-refractivity contribution in [2.24, 2.45) is 5.11 Å². The lowest BCUT2D eigenvalue weighted by atomic mass is 10.0. The standard InChI is InChI=1S/C10H9FN4O2/c11-8-2-6(4-12)1-7(3-8)10(17)9(16)5-14-15-13/h1-3,9-10,16-17H,5H2. The molecule has 1 rings (SSSR count). The first kappa shape index (κ1) is 12.9. The summed E-state index contributed by atoms with van der Waals surface area (Å²) in [6.45, 7) is -0.337. The lowest BCUT2D eigenvalue weighted by Gasteiger charge is -2.16. The number of rotatable bonds is 4. The number of hydrogen-bond acceptors (Lipinski definition) is 4. The zero-order chi connectivity index (χ0) is 12.8. The van der Waals surface area contributed by atoms with E-state index in [0.717, 1.165) is 12.1 Å². The van der Waals surface area contributed by atoms with Crippen molar-refractivity contribution in [3.8, 4) is 6.07 Å². The van der Waals surface area contributed by atoms with E-state index >= 15 is 0 Å². The summed E-state index contributed by atoms with van der Waals surface area (Å²) in [6, 6.07) is 5.00. The summed E-state index contributed by atoms with van der Waals surface area (Å²) in [6.07, 6.45) is -2.76. The van der Waals surface area contributed by atoms with Gasteiger partial charge in [0, 0.05) is 4.91 Å². The second-order valence-corrected chi connectivity index (χ2v) is 3.31. The monoisotopic (exact) mass is 236 g/mol. The molecule has 0 aromatic heterocycles. The smallest absolute Gasteiger partial charge is 0.124 e. The highest BCUT2D eigenvalue weighted by Crippen LogP contribution is 2.20. The number of hydrogen-bond donors (Lipinski definition) is 2. The maximum absolute atomic E-state index is 13.1. The van der Waals surface area contributed by atoms with Crippen molar-refractivity contribution in [2.75, 3.05) is 6.54 Å². The van der Waals surface area contributed by atoms with Gasteiger partial charge in [-0.3, -0.25) is 0 Å². The van der Waals surface area contributed by atoms with Gasteiger partial charge >= 0.3 is 0 Å². The van der Waals surface area contributed by atoms with Gasteiger partial charge in [-0.15, -0.1) is 0 Å². The highest BCUT2D eigenvalue weighted by molar-refractivity contribution is 5.34. The van der Waals surface area contributed by atoms with Gasteiger partial charge in [-0.2, -0.15) is 5.26 Å². The number of nitrogens with zero attached hydrogens (tertiary/aromatic N) is 4. The van der Waals surface area contributed by atoms with Gasteiger partial charge < -0.3 is 10.2 Å². The van der Waals surface area contributed by atoms with Crippen LogP contribution in [0.2, 0.25) is 0 Å². The minimum Gasteiger partial charge on any atom is -0.390 e. The topological polar surface area (TPSA) is 113 Å². The number of aliphatic hydroxyl groups is 2. The normalized spacial score (nSPS) is 13.3.